The summed E-state index contributed by atoms with van der Waals surface area (Å²) in [4.78, 5) is 11.2. The van der Waals surface area contributed by atoms with Crippen molar-refractivity contribution in [3.8, 4) is 0 Å². The van der Waals surface area contributed by atoms with E-state index < -0.39 is 11.6 Å². The molecule has 6 heteroatoms. The van der Waals surface area contributed by atoms with Crippen LogP contribution in [0.5, 0.6) is 0 Å². The number of nitrogens with one attached hydrogen (secondary N) is 1. The third-order valence-electron chi connectivity index (χ3n) is 2.32. The Morgan fingerprint density at radius 1 is 1.28 bits per heavy atom. The van der Waals surface area contributed by atoms with E-state index in [9.17, 15) is 13.6 Å². The van der Waals surface area contributed by atoms with Gasteiger partial charge in [-0.15, -0.1) is 12.4 Å². The van der Waals surface area contributed by atoms with Gasteiger partial charge in [-0.05, 0) is 30.5 Å². The van der Waals surface area contributed by atoms with Gasteiger partial charge in [0.15, 0.2) is 11.6 Å². The number of nitrogens with two attached hydrogens (primary N) is 1. The van der Waals surface area contributed by atoms with Crippen LogP contribution in [0.15, 0.2) is 18.2 Å². The molecule has 0 bridgehead atoms. The second-order valence-electron chi connectivity index (χ2n) is 3.74. The van der Waals surface area contributed by atoms with E-state index in [4.69, 9.17) is 5.73 Å². The second kappa shape index (κ2) is 8.83. The highest BCUT2D eigenvalue weighted by Gasteiger charge is 2.04. The van der Waals surface area contributed by atoms with Gasteiger partial charge in [-0.25, -0.2) is 8.78 Å². The van der Waals surface area contributed by atoms with Crippen LogP contribution in [0.25, 0.3) is 0 Å². The van der Waals surface area contributed by atoms with Gasteiger partial charge in [0.1, 0.15) is 0 Å². The number of amides is 1. The van der Waals surface area contributed by atoms with Crippen LogP contribution >= 0.6 is 12.4 Å². The normalized spacial score (nSPS) is 9.72. The van der Waals surface area contributed by atoms with E-state index >= 15 is 0 Å². The van der Waals surface area contributed by atoms with E-state index in [1.54, 1.807) is 0 Å². The molecule has 0 aromatic heterocycles. The number of hydrogen-bond donors (Lipinski definition) is 2. The highest BCUT2D eigenvalue weighted by Crippen LogP contribution is 2.11. The van der Waals surface area contributed by atoms with E-state index in [1.807, 2.05) is 0 Å². The molecule has 0 radical (unpaired) electrons. The van der Waals surface area contributed by atoms with Crippen LogP contribution in [0.4, 0.5) is 8.78 Å². The number of benzene rings is 1. The Kier molecular flexibility index (Phi) is 8.24. The Morgan fingerprint density at radius 2 is 2.00 bits per heavy atom. The van der Waals surface area contributed by atoms with Crippen LogP contribution in [0, 0.1) is 11.6 Å². The molecule has 0 aliphatic carbocycles. The van der Waals surface area contributed by atoms with Crippen molar-refractivity contribution in [2.45, 2.75) is 19.3 Å². The summed E-state index contributed by atoms with van der Waals surface area (Å²) >= 11 is 0. The molecule has 3 nitrogen and oxygen atoms in total. The van der Waals surface area contributed by atoms with Crippen molar-refractivity contribution >= 4 is 18.3 Å². The molecule has 102 valence electrons. The van der Waals surface area contributed by atoms with E-state index in [1.165, 1.54) is 6.07 Å². The van der Waals surface area contributed by atoms with Gasteiger partial charge < -0.3 is 11.1 Å². The zero-order valence-electron chi connectivity index (χ0n) is 9.92. The maximum atomic E-state index is 12.9. The van der Waals surface area contributed by atoms with Gasteiger partial charge in [0.2, 0.25) is 5.91 Å². The minimum absolute atomic E-state index is 0. The van der Waals surface area contributed by atoms with Crippen LogP contribution in [-0.4, -0.2) is 19.0 Å². The highest BCUT2D eigenvalue weighted by molar-refractivity contribution is 5.85. The summed E-state index contributed by atoms with van der Waals surface area (Å²) in [5, 5.41) is 2.64. The average Bonchev–Trinajstić information content (AvgIpc) is 2.31. The molecule has 0 unspecified atom stereocenters. The lowest BCUT2D eigenvalue weighted by molar-refractivity contribution is -0.121. The van der Waals surface area contributed by atoms with Crippen LogP contribution in [-0.2, 0) is 11.2 Å². The van der Waals surface area contributed by atoms with Crippen LogP contribution in [0.3, 0.4) is 0 Å². The van der Waals surface area contributed by atoms with Crippen LogP contribution in [0.2, 0.25) is 0 Å². The molecule has 0 fully saturated rings. The Balaban J connectivity index is 0.00000289. The fraction of sp³-hybridized carbons (Fsp3) is 0.417. The second-order valence-corrected chi connectivity index (χ2v) is 3.74. The molecule has 0 aliphatic rings. The lowest BCUT2D eigenvalue weighted by Gasteiger charge is -2.04. The third kappa shape index (κ3) is 5.93. The molecule has 0 atom stereocenters. The summed E-state index contributed by atoms with van der Waals surface area (Å²) < 4.78 is 25.5. The monoisotopic (exact) mass is 278 g/mol. The number of hydrogen-bond acceptors (Lipinski definition) is 2. The van der Waals surface area contributed by atoms with Crippen molar-refractivity contribution < 1.29 is 13.6 Å². The van der Waals surface area contributed by atoms with Gasteiger partial charge in [-0.1, -0.05) is 6.07 Å². The average molecular weight is 279 g/mol. The zero-order valence-corrected chi connectivity index (χ0v) is 10.7. The van der Waals surface area contributed by atoms with Crippen molar-refractivity contribution in [1.29, 1.82) is 0 Å². The van der Waals surface area contributed by atoms with Crippen LogP contribution in [0.1, 0.15) is 18.4 Å². The van der Waals surface area contributed by atoms with Gasteiger partial charge in [0.05, 0.1) is 0 Å². The van der Waals surface area contributed by atoms with Gasteiger partial charge in [0, 0.05) is 19.5 Å². The first kappa shape index (κ1) is 16.8. The van der Waals surface area contributed by atoms with E-state index in [2.05, 4.69) is 5.32 Å². The minimum Gasteiger partial charge on any atom is -0.355 e. The first-order valence-corrected chi connectivity index (χ1v) is 5.54. The Labute approximate surface area is 111 Å². The summed E-state index contributed by atoms with van der Waals surface area (Å²) in [6, 6.07) is 3.78. The minimum atomic E-state index is -0.852. The number of carbonyl (C=O) groups is 1. The third-order valence-corrected chi connectivity index (χ3v) is 2.32. The predicted octanol–water partition coefficient (Wildman–Crippen LogP) is 1.78. The lowest BCUT2D eigenvalue weighted by atomic mass is 10.1. The summed E-state index contributed by atoms with van der Waals surface area (Å²) in [6.45, 7) is 0.874. The fourth-order valence-corrected chi connectivity index (χ4v) is 1.45. The molecule has 18 heavy (non-hydrogen) atoms. The van der Waals surface area contributed by atoms with E-state index in [-0.39, 0.29) is 18.3 Å². The number of carbonyl (C=O) groups excluding carboxylic acids is 1. The Morgan fingerprint density at radius 3 is 2.61 bits per heavy atom. The standard InChI is InChI=1S/C12H16F2N2O.ClH/c13-10-5-4-9(8-11(10)14)2-1-3-12(17)16-7-6-15;/h4-5,8H,1-3,6-7,15H2,(H,16,17);1H. The van der Waals surface area contributed by atoms with Gasteiger partial charge >= 0.3 is 0 Å². The van der Waals surface area contributed by atoms with Gasteiger partial charge in [-0.3, -0.25) is 4.79 Å². The molecule has 0 saturated carbocycles. The molecule has 1 amide bonds. The molecule has 3 N–H and O–H groups in total. The van der Waals surface area contributed by atoms with E-state index in [0.717, 1.165) is 12.1 Å². The van der Waals surface area contributed by atoms with Crippen molar-refractivity contribution in [2.75, 3.05) is 13.1 Å². The van der Waals surface area contributed by atoms with E-state index in [0.29, 0.717) is 37.9 Å². The number of rotatable bonds is 6. The Bertz CT molecular complexity index is 388. The topological polar surface area (TPSA) is 55.1 Å². The number of aryl methyl sites for hydroxylation is 1. The molecular weight excluding hydrogens is 262 g/mol. The fourth-order valence-electron chi connectivity index (χ4n) is 1.45. The van der Waals surface area contributed by atoms with Crippen molar-refractivity contribution in [2.24, 2.45) is 5.73 Å². The molecule has 0 saturated heterocycles. The highest BCUT2D eigenvalue weighted by atomic mass is 35.5. The van der Waals surface area contributed by atoms with Crippen LogP contribution < -0.4 is 11.1 Å². The molecule has 0 heterocycles. The first-order valence-electron chi connectivity index (χ1n) is 5.54. The van der Waals surface area contributed by atoms with Crippen molar-refractivity contribution in [1.82, 2.24) is 5.32 Å². The van der Waals surface area contributed by atoms with Gasteiger partial charge in [-0.2, -0.15) is 0 Å². The van der Waals surface area contributed by atoms with Gasteiger partial charge in [0.25, 0.3) is 0 Å². The maximum absolute atomic E-state index is 12.9. The number of halogens is 3. The predicted molar refractivity (Wildman–Crippen MR) is 68.6 cm³/mol. The molecule has 1 rings (SSSR count). The SMILES string of the molecule is Cl.NCCNC(=O)CCCc1ccc(F)c(F)c1. The smallest absolute Gasteiger partial charge is 0.220 e. The summed E-state index contributed by atoms with van der Waals surface area (Å²) in [6.07, 6.45) is 1.51. The lowest BCUT2D eigenvalue weighted by Crippen LogP contribution is -2.28. The largest absolute Gasteiger partial charge is 0.355 e. The Hall–Kier alpha value is -1.20. The molecule has 0 spiro atoms. The van der Waals surface area contributed by atoms with Crippen molar-refractivity contribution in [3.05, 3.63) is 35.4 Å². The summed E-state index contributed by atoms with van der Waals surface area (Å²) in [5.74, 6) is -1.78. The molecule has 0 aliphatic heterocycles. The quantitative estimate of drug-likeness (QED) is 0.833. The molecular formula is C12H17ClF2N2O. The zero-order chi connectivity index (χ0) is 12.7. The summed E-state index contributed by atoms with van der Waals surface area (Å²) in [7, 11) is 0. The molecule has 1 aromatic carbocycles. The van der Waals surface area contributed by atoms with Crippen molar-refractivity contribution in [3.63, 3.8) is 0 Å². The maximum Gasteiger partial charge on any atom is 0.220 e. The molecule has 1 aromatic rings. The summed E-state index contributed by atoms with van der Waals surface area (Å²) in [5.41, 5.74) is 5.93. The first-order chi connectivity index (χ1) is 8.13.